The van der Waals surface area contributed by atoms with Gasteiger partial charge < -0.3 is 10.0 Å². The summed E-state index contributed by atoms with van der Waals surface area (Å²) in [6.07, 6.45) is 6.00. The van der Waals surface area contributed by atoms with Gasteiger partial charge in [-0.2, -0.15) is 5.10 Å². The summed E-state index contributed by atoms with van der Waals surface area (Å²) in [5.41, 5.74) is 0.722. The van der Waals surface area contributed by atoms with E-state index in [-0.39, 0.29) is 11.5 Å². The summed E-state index contributed by atoms with van der Waals surface area (Å²) in [6.45, 7) is 5.45. The van der Waals surface area contributed by atoms with Crippen LogP contribution in [-0.4, -0.2) is 73.9 Å². The molecule has 0 spiro atoms. The minimum atomic E-state index is -0.858. The Hall–Kier alpha value is -2.58. The predicted octanol–water partition coefficient (Wildman–Crippen LogP) is 1.00. The highest BCUT2D eigenvalue weighted by atomic mass is 16.3. The molecule has 160 valence electrons. The van der Waals surface area contributed by atoms with Crippen molar-refractivity contribution in [1.29, 1.82) is 0 Å². The van der Waals surface area contributed by atoms with E-state index in [2.05, 4.69) is 15.0 Å². The van der Waals surface area contributed by atoms with Crippen molar-refractivity contribution in [3.8, 4) is 11.3 Å². The van der Waals surface area contributed by atoms with E-state index in [1.54, 1.807) is 36.4 Å². The fraction of sp³-hybridized carbons (Fsp3) is 0.545. The van der Waals surface area contributed by atoms with E-state index < -0.39 is 5.60 Å². The average molecular weight is 412 g/mol. The van der Waals surface area contributed by atoms with Gasteiger partial charge in [0.15, 0.2) is 0 Å². The molecule has 8 heteroatoms. The van der Waals surface area contributed by atoms with Gasteiger partial charge in [0.05, 0.1) is 24.4 Å². The van der Waals surface area contributed by atoms with E-state index in [0.717, 1.165) is 43.7 Å². The largest absolute Gasteiger partial charge is 0.387 e. The van der Waals surface area contributed by atoms with E-state index in [9.17, 15) is 14.7 Å². The van der Waals surface area contributed by atoms with Gasteiger partial charge in [-0.3, -0.25) is 19.5 Å². The van der Waals surface area contributed by atoms with Gasteiger partial charge in [0.25, 0.3) is 5.56 Å². The van der Waals surface area contributed by atoms with Crippen LogP contribution in [0.15, 0.2) is 41.5 Å². The Bertz CT molecular complexity index is 941. The fourth-order valence-corrected chi connectivity index (χ4v) is 4.51. The normalized spacial score (nSPS) is 23.1. The van der Waals surface area contributed by atoms with Crippen LogP contribution in [0.1, 0.15) is 26.2 Å². The number of nitrogens with zero attached hydrogens (tertiary/aromatic N) is 5. The molecule has 0 bridgehead atoms. The van der Waals surface area contributed by atoms with Crippen LogP contribution in [0.4, 0.5) is 0 Å². The van der Waals surface area contributed by atoms with Crippen LogP contribution in [0.2, 0.25) is 0 Å². The first-order chi connectivity index (χ1) is 14.4. The molecular weight excluding hydrogens is 382 g/mol. The Morgan fingerprint density at radius 2 is 1.97 bits per heavy atom. The Kier molecular flexibility index (Phi) is 5.97. The zero-order chi connectivity index (χ0) is 21.1. The molecule has 0 saturated carbocycles. The number of amides is 1. The maximum atomic E-state index is 12.3. The third-order valence-corrected chi connectivity index (χ3v) is 6.08. The van der Waals surface area contributed by atoms with Gasteiger partial charge in [0.2, 0.25) is 5.91 Å². The number of hydrogen-bond acceptors (Lipinski definition) is 6. The molecule has 1 amide bonds. The van der Waals surface area contributed by atoms with Crippen LogP contribution in [0.5, 0.6) is 0 Å². The minimum Gasteiger partial charge on any atom is -0.387 e. The molecular formula is C22H29N5O3. The molecule has 0 radical (unpaired) electrons. The molecule has 8 nitrogen and oxygen atoms in total. The Morgan fingerprint density at radius 3 is 2.70 bits per heavy atom. The number of aliphatic hydroxyl groups is 1. The first-order valence-corrected chi connectivity index (χ1v) is 10.6. The topological polar surface area (TPSA) is 91.6 Å². The number of carbonyl (C=O) groups excluding carboxylic acids is 1. The van der Waals surface area contributed by atoms with Gasteiger partial charge in [-0.05, 0) is 37.5 Å². The minimum absolute atomic E-state index is 0.0244. The lowest BCUT2D eigenvalue weighted by molar-refractivity contribution is -0.133. The lowest BCUT2D eigenvalue weighted by Crippen LogP contribution is -2.58. The zero-order valence-electron chi connectivity index (χ0n) is 17.4. The van der Waals surface area contributed by atoms with E-state index >= 15 is 0 Å². The highest BCUT2D eigenvalue weighted by Gasteiger charge is 2.38. The van der Waals surface area contributed by atoms with Crippen molar-refractivity contribution in [2.45, 2.75) is 38.3 Å². The second-order valence-corrected chi connectivity index (χ2v) is 8.66. The molecule has 1 atom stereocenters. The number of aromatic nitrogens is 3. The number of β-amino-alcohol motifs (C(OH)–C–C–N with tert-alkyl or cyclic N) is 1. The Balaban J connectivity index is 1.35. The smallest absolute Gasteiger partial charge is 0.266 e. The van der Waals surface area contributed by atoms with Crippen LogP contribution < -0.4 is 5.56 Å². The lowest BCUT2D eigenvalue weighted by atomic mass is 9.92. The van der Waals surface area contributed by atoms with Crippen molar-refractivity contribution in [2.75, 3.05) is 32.7 Å². The molecule has 0 aliphatic carbocycles. The van der Waals surface area contributed by atoms with Crippen LogP contribution in [0, 0.1) is 5.92 Å². The van der Waals surface area contributed by atoms with Crippen LogP contribution in [-0.2, 0) is 11.3 Å². The first-order valence-electron chi connectivity index (χ1n) is 10.6. The van der Waals surface area contributed by atoms with Crippen LogP contribution in [0.3, 0.4) is 0 Å². The Labute approximate surface area is 176 Å². The van der Waals surface area contributed by atoms with Gasteiger partial charge >= 0.3 is 0 Å². The molecule has 2 saturated heterocycles. The molecule has 2 aliphatic rings. The SMILES string of the molecule is CC(=O)N1CCCCC(O)(CN2CC(Cn3nc(-c4ccncc4)ccc3=O)C2)C1. The van der Waals surface area contributed by atoms with Crippen molar-refractivity contribution in [3.63, 3.8) is 0 Å². The molecule has 0 aromatic carbocycles. The summed E-state index contributed by atoms with van der Waals surface area (Å²) in [7, 11) is 0. The number of likely N-dealkylation sites (tertiary alicyclic amines) is 2. The fourth-order valence-electron chi connectivity index (χ4n) is 4.51. The first kappa shape index (κ1) is 20.7. The standard InChI is InChI=1S/C22H29N5O3/c1-17(28)26-11-3-2-8-22(30,16-26)15-25-12-18(13-25)14-27-21(29)5-4-20(24-27)19-6-9-23-10-7-19/h4-7,9-10,18,30H,2-3,8,11-16H2,1H3. The van der Waals surface area contributed by atoms with Crippen LogP contribution >= 0.6 is 0 Å². The van der Waals surface area contributed by atoms with Gasteiger partial charge in [-0.25, -0.2) is 4.68 Å². The molecule has 4 rings (SSSR count). The number of carbonyl (C=O) groups is 1. The van der Waals surface area contributed by atoms with E-state index in [4.69, 9.17) is 0 Å². The van der Waals surface area contributed by atoms with Crippen molar-refractivity contribution in [3.05, 3.63) is 47.0 Å². The second kappa shape index (κ2) is 8.65. The number of rotatable bonds is 5. The summed E-state index contributed by atoms with van der Waals surface area (Å²) < 4.78 is 1.54. The van der Waals surface area contributed by atoms with Gasteiger partial charge in [0.1, 0.15) is 0 Å². The van der Waals surface area contributed by atoms with E-state index in [1.165, 1.54) is 4.68 Å². The predicted molar refractivity (Wildman–Crippen MR) is 113 cm³/mol. The van der Waals surface area contributed by atoms with Crippen molar-refractivity contribution in [2.24, 2.45) is 5.92 Å². The summed E-state index contributed by atoms with van der Waals surface area (Å²) in [5, 5.41) is 15.6. The van der Waals surface area contributed by atoms with Crippen LogP contribution in [0.25, 0.3) is 11.3 Å². The monoisotopic (exact) mass is 411 g/mol. The summed E-state index contributed by atoms with van der Waals surface area (Å²) in [5.74, 6) is 0.345. The van der Waals surface area contributed by atoms with Crippen molar-refractivity contribution < 1.29 is 9.90 Å². The number of pyridine rings is 1. The molecule has 2 aliphatic heterocycles. The lowest BCUT2D eigenvalue weighted by Gasteiger charge is -2.44. The van der Waals surface area contributed by atoms with Gasteiger partial charge in [-0.15, -0.1) is 0 Å². The molecule has 2 fully saturated rings. The molecule has 4 heterocycles. The van der Waals surface area contributed by atoms with Crippen molar-refractivity contribution >= 4 is 5.91 Å². The summed E-state index contributed by atoms with van der Waals surface area (Å²) in [4.78, 5) is 32.0. The maximum Gasteiger partial charge on any atom is 0.266 e. The molecule has 1 unspecified atom stereocenters. The van der Waals surface area contributed by atoms with E-state index in [1.807, 2.05) is 12.1 Å². The molecule has 1 N–H and O–H groups in total. The summed E-state index contributed by atoms with van der Waals surface area (Å²) in [6, 6.07) is 7.05. The number of hydrogen-bond donors (Lipinski definition) is 1. The third kappa shape index (κ3) is 4.76. The molecule has 2 aromatic rings. The second-order valence-electron chi connectivity index (χ2n) is 8.66. The van der Waals surface area contributed by atoms with Crippen molar-refractivity contribution in [1.82, 2.24) is 24.6 Å². The highest BCUT2D eigenvalue weighted by molar-refractivity contribution is 5.73. The summed E-state index contributed by atoms with van der Waals surface area (Å²) >= 11 is 0. The Morgan fingerprint density at radius 1 is 1.20 bits per heavy atom. The average Bonchev–Trinajstić information content (AvgIpc) is 2.90. The van der Waals surface area contributed by atoms with Gasteiger partial charge in [-0.1, -0.05) is 0 Å². The quantitative estimate of drug-likeness (QED) is 0.789. The zero-order valence-corrected chi connectivity index (χ0v) is 17.4. The maximum absolute atomic E-state index is 12.3. The highest BCUT2D eigenvalue weighted by Crippen LogP contribution is 2.26. The molecule has 2 aromatic heterocycles. The van der Waals surface area contributed by atoms with E-state index in [0.29, 0.717) is 32.0 Å². The molecule has 30 heavy (non-hydrogen) atoms. The van der Waals surface area contributed by atoms with Gasteiger partial charge in [0, 0.05) is 63.0 Å². The third-order valence-electron chi connectivity index (χ3n) is 6.08.